The van der Waals surface area contributed by atoms with Crippen molar-refractivity contribution in [2.75, 3.05) is 0 Å². The van der Waals surface area contributed by atoms with Crippen LogP contribution in [0.2, 0.25) is 5.15 Å². The predicted octanol–water partition coefficient (Wildman–Crippen LogP) is 3.65. The molecule has 0 aliphatic rings. The molecule has 10 heteroatoms. The van der Waals surface area contributed by atoms with E-state index in [2.05, 4.69) is 15.6 Å². The molecule has 0 unspecified atom stereocenters. The van der Waals surface area contributed by atoms with Crippen molar-refractivity contribution in [1.82, 2.24) is 15.2 Å². The number of hydrogen-bond donors (Lipinski definition) is 1. The van der Waals surface area contributed by atoms with Crippen molar-refractivity contribution in [3.05, 3.63) is 86.4 Å². The number of halogens is 2. The summed E-state index contributed by atoms with van der Waals surface area (Å²) in [6.45, 7) is 1.71. The molecule has 3 aromatic rings. The number of rotatable bonds is 5. The Morgan fingerprint density at radius 3 is 2.50 bits per heavy atom. The molecule has 0 saturated heterocycles. The molecule has 2 aromatic carbocycles. The second kappa shape index (κ2) is 7.97. The molecular formula is C18H13ClFN5O3. The SMILES string of the molecule is Cc1nn(-c2ccc(F)cc2)c(Cl)c1/C=N\NC(=O)c1ccc([N+](=O)[O-])cc1. The number of amides is 1. The topological polar surface area (TPSA) is 102 Å². The number of non-ortho nitro benzene ring substituents is 1. The maximum absolute atomic E-state index is 13.1. The summed E-state index contributed by atoms with van der Waals surface area (Å²) >= 11 is 6.32. The molecule has 1 heterocycles. The number of nitrogens with zero attached hydrogens (tertiary/aromatic N) is 4. The molecule has 0 aliphatic heterocycles. The van der Waals surface area contributed by atoms with Crippen LogP contribution in [0.4, 0.5) is 10.1 Å². The number of aromatic nitrogens is 2. The van der Waals surface area contributed by atoms with E-state index in [1.165, 1.54) is 59.4 Å². The van der Waals surface area contributed by atoms with E-state index in [1.807, 2.05) is 0 Å². The van der Waals surface area contributed by atoms with Crippen LogP contribution in [0.15, 0.2) is 53.6 Å². The van der Waals surface area contributed by atoms with Crippen molar-refractivity contribution in [2.45, 2.75) is 6.92 Å². The summed E-state index contributed by atoms with van der Waals surface area (Å²) in [7, 11) is 0. The fourth-order valence-corrected chi connectivity index (χ4v) is 2.69. The van der Waals surface area contributed by atoms with Crippen LogP contribution < -0.4 is 5.43 Å². The normalized spacial score (nSPS) is 11.0. The Morgan fingerprint density at radius 2 is 1.89 bits per heavy atom. The number of nitro groups is 1. The highest BCUT2D eigenvalue weighted by molar-refractivity contribution is 6.32. The summed E-state index contributed by atoms with van der Waals surface area (Å²) in [6, 6.07) is 10.8. The number of carbonyl (C=O) groups is 1. The highest BCUT2D eigenvalue weighted by Gasteiger charge is 2.14. The minimum absolute atomic E-state index is 0.115. The molecule has 0 radical (unpaired) electrons. The Kier molecular flexibility index (Phi) is 5.46. The number of nitro benzene ring substituents is 1. The van der Waals surface area contributed by atoms with Crippen LogP contribution in [-0.2, 0) is 0 Å². The fraction of sp³-hybridized carbons (Fsp3) is 0.0556. The molecule has 142 valence electrons. The smallest absolute Gasteiger partial charge is 0.267 e. The van der Waals surface area contributed by atoms with Gasteiger partial charge in [0.1, 0.15) is 11.0 Å². The molecule has 3 rings (SSSR count). The van der Waals surface area contributed by atoms with Crippen molar-refractivity contribution in [2.24, 2.45) is 5.10 Å². The van der Waals surface area contributed by atoms with Gasteiger partial charge in [-0.3, -0.25) is 14.9 Å². The number of aryl methyl sites for hydroxylation is 1. The average molecular weight is 402 g/mol. The van der Waals surface area contributed by atoms with Gasteiger partial charge in [-0.1, -0.05) is 11.6 Å². The van der Waals surface area contributed by atoms with Gasteiger partial charge in [-0.15, -0.1) is 0 Å². The Hall–Kier alpha value is -3.59. The van der Waals surface area contributed by atoms with E-state index in [9.17, 15) is 19.3 Å². The molecule has 0 spiro atoms. The monoisotopic (exact) mass is 401 g/mol. The van der Waals surface area contributed by atoms with E-state index in [4.69, 9.17) is 11.6 Å². The number of hydrazone groups is 1. The Balaban J connectivity index is 1.74. The summed E-state index contributed by atoms with van der Waals surface area (Å²) in [4.78, 5) is 22.1. The standard InChI is InChI=1S/C18H13ClFN5O3/c1-11-16(17(19)24(23-11)14-8-4-13(20)5-9-14)10-21-22-18(26)12-2-6-15(7-3-12)25(27)28/h2-10H,1H3,(H,22,26)/b21-10-. The minimum Gasteiger partial charge on any atom is -0.267 e. The average Bonchev–Trinajstić information content (AvgIpc) is 2.96. The number of carbonyl (C=O) groups excluding carboxylic acids is 1. The van der Waals surface area contributed by atoms with Gasteiger partial charge >= 0.3 is 0 Å². The van der Waals surface area contributed by atoms with Gasteiger partial charge in [-0.2, -0.15) is 10.2 Å². The first kappa shape index (κ1) is 19.2. The first-order valence-electron chi connectivity index (χ1n) is 7.95. The summed E-state index contributed by atoms with van der Waals surface area (Å²) in [6.07, 6.45) is 1.34. The fourth-order valence-electron chi connectivity index (χ4n) is 2.37. The summed E-state index contributed by atoms with van der Waals surface area (Å²) in [5, 5.41) is 19.0. The summed E-state index contributed by atoms with van der Waals surface area (Å²) in [5.41, 5.74) is 4.04. The van der Waals surface area contributed by atoms with E-state index in [-0.39, 0.29) is 22.2 Å². The second-order valence-electron chi connectivity index (χ2n) is 5.68. The molecular weight excluding hydrogens is 389 g/mol. The van der Waals surface area contributed by atoms with Gasteiger partial charge < -0.3 is 0 Å². The van der Waals surface area contributed by atoms with E-state index < -0.39 is 10.8 Å². The van der Waals surface area contributed by atoms with Gasteiger partial charge in [-0.25, -0.2) is 14.5 Å². The summed E-state index contributed by atoms with van der Waals surface area (Å²) in [5.74, 6) is -0.912. The number of nitrogens with one attached hydrogen (secondary N) is 1. The van der Waals surface area contributed by atoms with Crippen LogP contribution in [0.25, 0.3) is 5.69 Å². The molecule has 1 N–H and O–H groups in total. The molecule has 1 aromatic heterocycles. The zero-order valence-electron chi connectivity index (χ0n) is 14.5. The van der Waals surface area contributed by atoms with Crippen molar-refractivity contribution >= 4 is 29.4 Å². The third kappa shape index (κ3) is 4.04. The van der Waals surface area contributed by atoms with Crippen LogP contribution in [0.3, 0.4) is 0 Å². The van der Waals surface area contributed by atoms with E-state index in [0.29, 0.717) is 16.9 Å². The van der Waals surface area contributed by atoms with Gasteiger partial charge in [0.05, 0.1) is 28.1 Å². The first-order valence-corrected chi connectivity index (χ1v) is 8.33. The molecule has 0 saturated carbocycles. The molecule has 0 atom stereocenters. The lowest BCUT2D eigenvalue weighted by molar-refractivity contribution is -0.384. The highest BCUT2D eigenvalue weighted by Crippen LogP contribution is 2.22. The minimum atomic E-state index is -0.552. The van der Waals surface area contributed by atoms with Crippen molar-refractivity contribution < 1.29 is 14.1 Å². The maximum Gasteiger partial charge on any atom is 0.271 e. The zero-order valence-corrected chi connectivity index (χ0v) is 15.2. The van der Waals surface area contributed by atoms with Crippen molar-refractivity contribution in [3.63, 3.8) is 0 Å². The molecule has 0 fully saturated rings. The largest absolute Gasteiger partial charge is 0.271 e. The van der Waals surface area contributed by atoms with Crippen LogP contribution in [0.5, 0.6) is 0 Å². The Bertz CT molecular complexity index is 1060. The van der Waals surface area contributed by atoms with Gasteiger partial charge in [0.2, 0.25) is 0 Å². The third-order valence-corrected chi connectivity index (χ3v) is 4.18. The van der Waals surface area contributed by atoms with Crippen LogP contribution in [-0.4, -0.2) is 26.8 Å². The molecule has 0 bridgehead atoms. The van der Waals surface area contributed by atoms with Crippen LogP contribution in [0.1, 0.15) is 21.6 Å². The third-order valence-electron chi connectivity index (χ3n) is 3.82. The van der Waals surface area contributed by atoms with Crippen LogP contribution >= 0.6 is 11.6 Å². The van der Waals surface area contributed by atoms with E-state index >= 15 is 0 Å². The highest BCUT2D eigenvalue weighted by atomic mass is 35.5. The van der Waals surface area contributed by atoms with Gasteiger partial charge in [-0.05, 0) is 43.3 Å². The van der Waals surface area contributed by atoms with Crippen molar-refractivity contribution in [3.8, 4) is 5.69 Å². The lowest BCUT2D eigenvalue weighted by Crippen LogP contribution is -2.17. The maximum atomic E-state index is 13.1. The molecule has 1 amide bonds. The van der Waals surface area contributed by atoms with Gasteiger partial charge in [0.25, 0.3) is 11.6 Å². The second-order valence-corrected chi connectivity index (χ2v) is 6.04. The number of hydrogen-bond acceptors (Lipinski definition) is 5. The first-order chi connectivity index (χ1) is 13.4. The lowest BCUT2D eigenvalue weighted by Gasteiger charge is -2.02. The molecule has 28 heavy (non-hydrogen) atoms. The zero-order chi connectivity index (χ0) is 20.3. The lowest BCUT2D eigenvalue weighted by atomic mass is 10.2. The van der Waals surface area contributed by atoms with Crippen molar-refractivity contribution in [1.29, 1.82) is 0 Å². The predicted molar refractivity (Wildman–Crippen MR) is 101 cm³/mol. The number of benzene rings is 2. The van der Waals surface area contributed by atoms with E-state index in [1.54, 1.807) is 6.92 Å². The van der Waals surface area contributed by atoms with Crippen LogP contribution in [0, 0.1) is 22.9 Å². The molecule has 8 nitrogen and oxygen atoms in total. The summed E-state index contributed by atoms with van der Waals surface area (Å²) < 4.78 is 14.5. The van der Waals surface area contributed by atoms with E-state index in [0.717, 1.165) is 0 Å². The van der Waals surface area contributed by atoms with Gasteiger partial charge in [0, 0.05) is 17.7 Å². The quantitative estimate of drug-likeness (QED) is 0.400. The Labute approximate surface area is 163 Å². The van der Waals surface area contributed by atoms with Gasteiger partial charge in [0.15, 0.2) is 0 Å². The Morgan fingerprint density at radius 1 is 1.25 bits per heavy atom. The molecule has 0 aliphatic carbocycles.